The van der Waals surface area contributed by atoms with Gasteiger partial charge in [-0.1, -0.05) is 6.07 Å². The van der Waals surface area contributed by atoms with E-state index in [0.717, 1.165) is 18.2 Å². The van der Waals surface area contributed by atoms with Gasteiger partial charge in [-0.15, -0.1) is 0 Å². The minimum Gasteiger partial charge on any atom is -0.367 e. The standard InChI is InChI=1S/C27H25F6N5O3/c1-12-10-38(11-13(2)37(12)3)20-8-19(29)22(14-4-5-15(25(34)40)18(28)6-14)23(30)24(20)36-26(41)16-9-35-21(39)7-17(16)27(31,32)33/h4-9,12-13H,10-11H2,1-3H3,(H2,34,40)(H,35,39)(H,36,41)/t12-,13?/m0/s1. The van der Waals surface area contributed by atoms with Crippen LogP contribution < -0.4 is 21.5 Å². The van der Waals surface area contributed by atoms with E-state index in [1.807, 2.05) is 30.8 Å². The van der Waals surface area contributed by atoms with E-state index in [0.29, 0.717) is 12.3 Å². The number of rotatable bonds is 5. The number of anilines is 2. The Morgan fingerprint density at radius 3 is 2.20 bits per heavy atom. The molecule has 14 heteroatoms. The van der Waals surface area contributed by atoms with Crippen molar-refractivity contribution >= 4 is 23.2 Å². The molecular weight excluding hydrogens is 556 g/mol. The number of aromatic amines is 1. The van der Waals surface area contributed by atoms with Gasteiger partial charge in [0.25, 0.3) is 11.8 Å². The Kier molecular flexibility index (Phi) is 7.89. The second kappa shape index (κ2) is 10.9. The topological polar surface area (TPSA) is 112 Å². The van der Waals surface area contributed by atoms with E-state index in [2.05, 4.69) is 5.32 Å². The fourth-order valence-corrected chi connectivity index (χ4v) is 4.79. The van der Waals surface area contributed by atoms with E-state index in [4.69, 9.17) is 5.73 Å². The van der Waals surface area contributed by atoms with Crippen LogP contribution in [-0.2, 0) is 6.18 Å². The Balaban J connectivity index is 1.90. The number of halogens is 6. The maximum absolute atomic E-state index is 16.2. The van der Waals surface area contributed by atoms with Crippen molar-refractivity contribution in [2.45, 2.75) is 32.1 Å². The van der Waals surface area contributed by atoms with Crippen molar-refractivity contribution in [3.63, 3.8) is 0 Å². The van der Waals surface area contributed by atoms with Gasteiger partial charge < -0.3 is 20.9 Å². The zero-order chi connectivity index (χ0) is 30.4. The maximum Gasteiger partial charge on any atom is 0.417 e. The Morgan fingerprint density at radius 1 is 1.00 bits per heavy atom. The van der Waals surface area contributed by atoms with Crippen LogP contribution in [0, 0.1) is 17.5 Å². The Labute approximate surface area is 229 Å². The summed E-state index contributed by atoms with van der Waals surface area (Å²) >= 11 is 0. The SMILES string of the molecule is CC1CN(c2cc(F)c(-c3ccc(C(N)=O)c(F)c3)c(F)c2NC(=O)c2c[nH]c(=O)cc2C(F)(F)F)C[C@H](C)N1C. The number of pyridine rings is 1. The molecule has 2 heterocycles. The molecule has 2 aromatic carbocycles. The third-order valence-electron chi connectivity index (χ3n) is 7.13. The number of likely N-dealkylation sites (N-methyl/N-ethyl adjacent to an activating group) is 1. The highest BCUT2D eigenvalue weighted by Crippen LogP contribution is 2.40. The smallest absolute Gasteiger partial charge is 0.367 e. The number of benzene rings is 2. The highest BCUT2D eigenvalue weighted by molar-refractivity contribution is 6.07. The summed E-state index contributed by atoms with van der Waals surface area (Å²) in [6.45, 7) is 4.22. The minimum absolute atomic E-state index is 0.112. The van der Waals surface area contributed by atoms with Gasteiger partial charge in [-0.25, -0.2) is 13.2 Å². The third kappa shape index (κ3) is 5.78. The predicted octanol–water partition coefficient (Wildman–Crippen LogP) is 4.36. The third-order valence-corrected chi connectivity index (χ3v) is 7.13. The van der Waals surface area contributed by atoms with Gasteiger partial charge in [0.05, 0.1) is 27.9 Å². The minimum atomic E-state index is -5.10. The summed E-state index contributed by atoms with van der Waals surface area (Å²) in [5, 5.41) is 2.12. The first kappa shape index (κ1) is 29.6. The van der Waals surface area contributed by atoms with Gasteiger partial charge >= 0.3 is 6.18 Å². The summed E-state index contributed by atoms with van der Waals surface area (Å²) in [6.07, 6.45) is -4.56. The van der Waals surface area contributed by atoms with Crippen LogP contribution in [0.25, 0.3) is 11.1 Å². The van der Waals surface area contributed by atoms with E-state index in [1.54, 1.807) is 4.90 Å². The van der Waals surface area contributed by atoms with Crippen molar-refractivity contribution in [2.75, 3.05) is 30.4 Å². The molecule has 1 aliphatic heterocycles. The summed E-state index contributed by atoms with van der Waals surface area (Å²) in [5.74, 6) is -6.25. The average Bonchev–Trinajstić information content (AvgIpc) is 2.87. The van der Waals surface area contributed by atoms with Crippen LogP contribution in [-0.4, -0.2) is 53.9 Å². The number of carbonyl (C=O) groups is 2. The molecule has 0 saturated carbocycles. The average molecular weight is 582 g/mol. The van der Waals surface area contributed by atoms with Crippen LogP contribution in [0.1, 0.15) is 40.1 Å². The molecule has 1 unspecified atom stereocenters. The highest BCUT2D eigenvalue weighted by Gasteiger charge is 2.37. The normalized spacial score (nSPS) is 17.9. The second-order valence-corrected chi connectivity index (χ2v) is 9.85. The first-order valence-corrected chi connectivity index (χ1v) is 12.3. The van der Waals surface area contributed by atoms with E-state index in [9.17, 15) is 31.9 Å². The highest BCUT2D eigenvalue weighted by atomic mass is 19.4. The van der Waals surface area contributed by atoms with Crippen LogP contribution in [0.5, 0.6) is 0 Å². The van der Waals surface area contributed by atoms with E-state index in [-0.39, 0.29) is 42.5 Å². The van der Waals surface area contributed by atoms with Crippen molar-refractivity contribution in [1.82, 2.24) is 9.88 Å². The zero-order valence-corrected chi connectivity index (χ0v) is 22.0. The van der Waals surface area contributed by atoms with Crippen molar-refractivity contribution in [3.8, 4) is 11.1 Å². The molecule has 1 aliphatic rings. The summed E-state index contributed by atoms with van der Waals surface area (Å²) in [4.78, 5) is 41.7. The molecule has 8 nitrogen and oxygen atoms in total. The number of amides is 2. The van der Waals surface area contributed by atoms with Crippen LogP contribution in [0.3, 0.4) is 0 Å². The van der Waals surface area contributed by atoms with Gasteiger partial charge in [0.1, 0.15) is 17.3 Å². The summed E-state index contributed by atoms with van der Waals surface area (Å²) < 4.78 is 87.1. The number of alkyl halides is 3. The molecule has 0 bridgehead atoms. The van der Waals surface area contributed by atoms with Crippen molar-refractivity contribution in [1.29, 1.82) is 0 Å². The maximum atomic E-state index is 16.2. The molecular formula is C27H25F6N5O3. The first-order valence-electron chi connectivity index (χ1n) is 12.3. The molecule has 0 aliphatic carbocycles. The van der Waals surface area contributed by atoms with Gasteiger partial charge in [-0.2, -0.15) is 13.2 Å². The lowest BCUT2D eigenvalue weighted by molar-refractivity contribution is -0.138. The van der Waals surface area contributed by atoms with Gasteiger partial charge in [-0.05, 0) is 38.6 Å². The number of hydrogen-bond donors (Lipinski definition) is 3. The van der Waals surface area contributed by atoms with Crippen molar-refractivity contribution in [2.24, 2.45) is 5.73 Å². The molecule has 1 aromatic heterocycles. The molecule has 2 amide bonds. The molecule has 4 rings (SSSR count). The monoisotopic (exact) mass is 581 g/mol. The van der Waals surface area contributed by atoms with Crippen LogP contribution in [0.4, 0.5) is 37.7 Å². The number of nitrogens with one attached hydrogen (secondary N) is 2. The quantitative estimate of drug-likeness (QED) is 0.388. The summed E-state index contributed by atoms with van der Waals surface area (Å²) in [7, 11) is 1.86. The van der Waals surface area contributed by atoms with Gasteiger partial charge in [0.15, 0.2) is 5.82 Å². The lowest BCUT2D eigenvalue weighted by atomic mass is 9.99. The lowest BCUT2D eigenvalue weighted by Crippen LogP contribution is -2.55. The molecule has 0 spiro atoms. The predicted molar refractivity (Wildman–Crippen MR) is 139 cm³/mol. The fourth-order valence-electron chi connectivity index (χ4n) is 4.79. The number of H-pyrrole nitrogens is 1. The fraction of sp³-hybridized carbons (Fsp3) is 0.296. The van der Waals surface area contributed by atoms with E-state index in [1.165, 1.54) is 0 Å². The molecule has 218 valence electrons. The number of carbonyl (C=O) groups excluding carboxylic acids is 2. The van der Waals surface area contributed by atoms with Crippen LogP contribution in [0.2, 0.25) is 0 Å². The number of hydrogen-bond acceptors (Lipinski definition) is 5. The molecule has 1 saturated heterocycles. The number of piperazine rings is 1. The second-order valence-electron chi connectivity index (χ2n) is 9.85. The van der Waals surface area contributed by atoms with Crippen LogP contribution in [0.15, 0.2) is 41.3 Å². The van der Waals surface area contributed by atoms with E-state index < -0.39 is 68.9 Å². The Morgan fingerprint density at radius 2 is 1.63 bits per heavy atom. The molecule has 0 radical (unpaired) electrons. The Bertz CT molecular complexity index is 1580. The summed E-state index contributed by atoms with van der Waals surface area (Å²) in [6, 6.07) is 3.51. The van der Waals surface area contributed by atoms with Crippen LogP contribution >= 0.6 is 0 Å². The van der Waals surface area contributed by atoms with Gasteiger partial charge in [0.2, 0.25) is 5.56 Å². The summed E-state index contributed by atoms with van der Waals surface area (Å²) in [5.41, 5.74) is -1.09. The largest absolute Gasteiger partial charge is 0.417 e. The number of aromatic nitrogens is 1. The van der Waals surface area contributed by atoms with Gasteiger partial charge in [0, 0.05) is 43.5 Å². The molecule has 3 aromatic rings. The Hall–Kier alpha value is -4.33. The number of primary amides is 1. The van der Waals surface area contributed by atoms with Crippen molar-refractivity contribution in [3.05, 3.63) is 81.0 Å². The molecule has 41 heavy (non-hydrogen) atoms. The van der Waals surface area contributed by atoms with Gasteiger partial charge in [-0.3, -0.25) is 19.3 Å². The zero-order valence-electron chi connectivity index (χ0n) is 22.0. The molecule has 2 atom stereocenters. The molecule has 4 N–H and O–H groups in total. The molecule has 1 fully saturated rings. The lowest BCUT2D eigenvalue weighted by Gasteiger charge is -2.44. The first-order chi connectivity index (χ1) is 19.1. The number of nitrogens with zero attached hydrogens (tertiary/aromatic N) is 2. The van der Waals surface area contributed by atoms with Crippen molar-refractivity contribution < 1.29 is 35.9 Å². The number of nitrogens with two attached hydrogens (primary N) is 1. The van der Waals surface area contributed by atoms with E-state index >= 15 is 8.78 Å².